The Bertz CT molecular complexity index is 1310. The van der Waals surface area contributed by atoms with Gasteiger partial charge in [0.25, 0.3) is 0 Å². The third kappa shape index (κ3) is 5.85. The molecule has 0 aliphatic carbocycles. The van der Waals surface area contributed by atoms with Crippen LogP contribution >= 0.6 is 0 Å². The summed E-state index contributed by atoms with van der Waals surface area (Å²) in [6, 6.07) is 12.9. The number of benzene rings is 2. The number of H-pyrrole nitrogens is 2. The molecule has 0 spiro atoms. The molecule has 0 fully saturated rings. The van der Waals surface area contributed by atoms with E-state index in [9.17, 15) is 19.2 Å². The Balaban J connectivity index is 1.20. The highest BCUT2D eigenvalue weighted by molar-refractivity contribution is 5.93. The van der Waals surface area contributed by atoms with E-state index in [1.807, 2.05) is 48.5 Å². The van der Waals surface area contributed by atoms with Gasteiger partial charge in [0, 0.05) is 47.0 Å². The molecule has 2 aromatic carbocycles. The molecular formula is C26H26N4O6. The lowest BCUT2D eigenvalue weighted by atomic mass is 10.1. The van der Waals surface area contributed by atoms with E-state index < -0.39 is 48.8 Å². The van der Waals surface area contributed by atoms with Crippen molar-refractivity contribution in [3.63, 3.8) is 0 Å². The number of para-hydroxylation sites is 2. The number of carbonyl (C=O) groups is 4. The summed E-state index contributed by atoms with van der Waals surface area (Å²) in [5.41, 5.74) is 15.2. The average Bonchev–Trinajstić information content (AvgIpc) is 3.47. The zero-order valence-corrected chi connectivity index (χ0v) is 19.4. The van der Waals surface area contributed by atoms with Crippen molar-refractivity contribution >= 4 is 45.7 Å². The van der Waals surface area contributed by atoms with Crippen molar-refractivity contribution in [2.24, 2.45) is 11.5 Å². The van der Waals surface area contributed by atoms with E-state index in [1.54, 1.807) is 12.4 Å². The minimum absolute atomic E-state index is 0.168. The number of aromatic nitrogens is 2. The quantitative estimate of drug-likeness (QED) is 0.204. The molecule has 36 heavy (non-hydrogen) atoms. The fourth-order valence-electron chi connectivity index (χ4n) is 3.92. The number of hydrogen-bond donors (Lipinski definition) is 4. The van der Waals surface area contributed by atoms with E-state index in [-0.39, 0.29) is 12.8 Å². The lowest BCUT2D eigenvalue weighted by molar-refractivity contribution is -0.166. The van der Waals surface area contributed by atoms with Crippen LogP contribution in [0.4, 0.5) is 0 Å². The fraction of sp³-hybridized carbons (Fsp3) is 0.231. The van der Waals surface area contributed by atoms with Crippen molar-refractivity contribution in [3.05, 3.63) is 72.1 Å². The Morgan fingerprint density at radius 1 is 0.667 bits per heavy atom. The normalized spacial score (nSPS) is 12.8. The number of fused-ring (bicyclic) bond motifs is 2. The first-order chi connectivity index (χ1) is 17.3. The molecule has 0 saturated carbocycles. The maximum Gasteiger partial charge on any atom is 0.330 e. The zero-order chi connectivity index (χ0) is 25.7. The van der Waals surface area contributed by atoms with Crippen LogP contribution < -0.4 is 11.5 Å². The lowest BCUT2D eigenvalue weighted by Gasteiger charge is -2.11. The van der Waals surface area contributed by atoms with Gasteiger partial charge in [-0.3, -0.25) is 9.59 Å². The third-order valence-electron chi connectivity index (χ3n) is 5.80. The summed E-state index contributed by atoms with van der Waals surface area (Å²) < 4.78 is 9.51. The van der Waals surface area contributed by atoms with Crippen molar-refractivity contribution in [3.8, 4) is 0 Å². The van der Waals surface area contributed by atoms with Gasteiger partial charge >= 0.3 is 23.9 Å². The van der Waals surface area contributed by atoms with Gasteiger partial charge in [0.15, 0.2) is 0 Å². The van der Waals surface area contributed by atoms with E-state index in [0.29, 0.717) is 0 Å². The van der Waals surface area contributed by atoms with Gasteiger partial charge in [-0.25, -0.2) is 9.59 Å². The molecule has 2 aromatic heterocycles. The Labute approximate surface area is 205 Å². The molecule has 4 rings (SSSR count). The highest BCUT2D eigenvalue weighted by atomic mass is 16.6. The number of esters is 4. The Hall–Kier alpha value is -4.28. The minimum Gasteiger partial charge on any atom is -0.392 e. The molecule has 0 bridgehead atoms. The molecule has 2 atom stereocenters. The maximum atomic E-state index is 12.2. The average molecular weight is 491 g/mol. The first kappa shape index (κ1) is 24.8. The fourth-order valence-corrected chi connectivity index (χ4v) is 3.92. The van der Waals surface area contributed by atoms with Crippen LogP contribution in [0.1, 0.15) is 24.0 Å². The van der Waals surface area contributed by atoms with Gasteiger partial charge in [0.2, 0.25) is 0 Å². The number of hydrogen-bond acceptors (Lipinski definition) is 8. The molecule has 4 aromatic rings. The number of ether oxygens (including phenoxy) is 2. The highest BCUT2D eigenvalue weighted by Gasteiger charge is 2.24. The van der Waals surface area contributed by atoms with E-state index in [1.165, 1.54) is 0 Å². The first-order valence-corrected chi connectivity index (χ1v) is 11.4. The number of rotatable bonds is 9. The maximum absolute atomic E-state index is 12.2. The van der Waals surface area contributed by atoms with Crippen LogP contribution in [-0.4, -0.2) is 45.9 Å². The van der Waals surface area contributed by atoms with E-state index in [2.05, 4.69) is 9.97 Å². The minimum atomic E-state index is -1.07. The van der Waals surface area contributed by atoms with Crippen LogP contribution in [0.3, 0.4) is 0 Å². The molecule has 0 aliphatic heterocycles. The third-order valence-corrected chi connectivity index (χ3v) is 5.80. The van der Waals surface area contributed by atoms with Crippen LogP contribution in [-0.2, 0) is 41.5 Å². The molecule has 2 heterocycles. The molecule has 0 saturated heterocycles. The lowest BCUT2D eigenvalue weighted by Crippen LogP contribution is -2.36. The van der Waals surface area contributed by atoms with E-state index in [0.717, 1.165) is 32.9 Å². The summed E-state index contributed by atoms with van der Waals surface area (Å²) in [4.78, 5) is 54.6. The first-order valence-electron chi connectivity index (χ1n) is 11.4. The summed E-state index contributed by atoms with van der Waals surface area (Å²) in [6.07, 6.45) is 2.93. The van der Waals surface area contributed by atoms with Gasteiger partial charge in [0.1, 0.15) is 12.1 Å². The predicted molar refractivity (Wildman–Crippen MR) is 131 cm³/mol. The van der Waals surface area contributed by atoms with Gasteiger partial charge in [0.05, 0.1) is 12.8 Å². The molecule has 0 radical (unpaired) electrons. The number of aromatic amines is 2. The van der Waals surface area contributed by atoms with Crippen molar-refractivity contribution in [2.45, 2.75) is 37.8 Å². The Morgan fingerprint density at radius 3 is 1.47 bits per heavy atom. The van der Waals surface area contributed by atoms with Gasteiger partial charge < -0.3 is 30.9 Å². The molecular weight excluding hydrogens is 464 g/mol. The molecule has 10 heteroatoms. The largest absolute Gasteiger partial charge is 0.392 e. The summed E-state index contributed by atoms with van der Waals surface area (Å²) in [5, 5.41) is 1.84. The molecule has 186 valence electrons. The van der Waals surface area contributed by atoms with Gasteiger partial charge in [-0.05, 0) is 23.3 Å². The standard InChI is InChI=1S/C26H26N4O6/c27-19(11-15-13-29-21-7-3-1-5-17(15)21)25(33)35-23(31)9-10-24(32)36-26(34)20(28)12-16-14-30-22-8-4-2-6-18(16)22/h1-8,13-14,19-20,29-30H,9-12,27-28H2/t19-,20-/m0/s1. The van der Waals surface area contributed by atoms with E-state index in [4.69, 9.17) is 20.9 Å². The SMILES string of the molecule is N[C@@H](Cc1c[nH]c2ccccc12)C(=O)OC(=O)CCC(=O)OC(=O)[C@@H](N)Cc1c[nH]c2ccccc12. The highest BCUT2D eigenvalue weighted by Crippen LogP contribution is 2.20. The number of nitrogens with two attached hydrogens (primary N) is 2. The summed E-state index contributed by atoms with van der Waals surface area (Å²) in [6.45, 7) is 0. The zero-order valence-electron chi connectivity index (χ0n) is 19.4. The van der Waals surface area contributed by atoms with Crippen molar-refractivity contribution in [2.75, 3.05) is 0 Å². The summed E-state index contributed by atoms with van der Waals surface area (Å²) in [7, 11) is 0. The second kappa shape index (κ2) is 11.0. The predicted octanol–water partition coefficient (Wildman–Crippen LogP) is 2.01. The molecule has 0 unspecified atom stereocenters. The monoisotopic (exact) mass is 490 g/mol. The van der Waals surface area contributed by atoms with Crippen molar-refractivity contribution in [1.82, 2.24) is 9.97 Å². The second-order valence-electron chi connectivity index (χ2n) is 8.43. The Morgan fingerprint density at radius 2 is 1.06 bits per heavy atom. The number of carbonyl (C=O) groups excluding carboxylic acids is 4. The number of nitrogens with one attached hydrogen (secondary N) is 2. The smallest absolute Gasteiger partial charge is 0.330 e. The van der Waals surface area contributed by atoms with Crippen LogP contribution in [0, 0.1) is 0 Å². The summed E-state index contributed by atoms with van der Waals surface area (Å²) >= 11 is 0. The van der Waals surface area contributed by atoms with Gasteiger partial charge in [-0.2, -0.15) is 0 Å². The Kier molecular flexibility index (Phi) is 7.57. The molecule has 6 N–H and O–H groups in total. The van der Waals surface area contributed by atoms with E-state index >= 15 is 0 Å². The van der Waals surface area contributed by atoms with Crippen LogP contribution in [0.2, 0.25) is 0 Å². The molecule has 0 aliphatic rings. The van der Waals surface area contributed by atoms with Gasteiger partial charge in [-0.1, -0.05) is 36.4 Å². The van der Waals surface area contributed by atoms with Crippen LogP contribution in [0.25, 0.3) is 21.8 Å². The van der Waals surface area contributed by atoms with Crippen molar-refractivity contribution in [1.29, 1.82) is 0 Å². The second-order valence-corrected chi connectivity index (χ2v) is 8.43. The topological polar surface area (TPSA) is 170 Å². The van der Waals surface area contributed by atoms with Crippen LogP contribution in [0.15, 0.2) is 60.9 Å². The molecule has 0 amide bonds. The van der Waals surface area contributed by atoms with Crippen LogP contribution in [0.5, 0.6) is 0 Å². The van der Waals surface area contributed by atoms with Gasteiger partial charge in [-0.15, -0.1) is 0 Å². The van der Waals surface area contributed by atoms with Crippen molar-refractivity contribution < 1.29 is 28.7 Å². The summed E-state index contributed by atoms with van der Waals surface area (Å²) in [5.74, 6) is -3.70. The molecule has 10 nitrogen and oxygen atoms in total.